The van der Waals surface area contributed by atoms with Crippen molar-refractivity contribution in [2.45, 2.75) is 40.0 Å². The lowest BCUT2D eigenvalue weighted by Gasteiger charge is -2.20. The lowest BCUT2D eigenvalue weighted by atomic mass is 10.1. The maximum atomic E-state index is 4.61. The zero-order valence-corrected chi connectivity index (χ0v) is 27.2. The van der Waals surface area contributed by atoms with E-state index in [1.165, 1.54) is 69.4 Å². The van der Waals surface area contributed by atoms with Crippen molar-refractivity contribution in [3.63, 3.8) is 0 Å². The zero-order valence-electron chi connectivity index (χ0n) is 24.0. The van der Waals surface area contributed by atoms with Crippen molar-refractivity contribution in [2.24, 2.45) is 30.7 Å². The molecule has 0 saturated heterocycles. The second kappa shape index (κ2) is 13.7. The van der Waals surface area contributed by atoms with Crippen molar-refractivity contribution in [1.29, 1.82) is 0 Å². The monoisotopic (exact) mass is 643 g/mol. The van der Waals surface area contributed by atoms with E-state index in [0.29, 0.717) is 10.3 Å². The lowest BCUT2D eigenvalue weighted by molar-refractivity contribution is 0.795. The fraction of sp³-hybridized carbons (Fsp3) is 0.267. The number of anilines is 1. The van der Waals surface area contributed by atoms with Gasteiger partial charge in [-0.05, 0) is 80.8 Å². The van der Waals surface area contributed by atoms with Gasteiger partial charge in [-0.1, -0.05) is 70.8 Å². The molecule has 0 fully saturated rings. The van der Waals surface area contributed by atoms with Crippen molar-refractivity contribution in [1.82, 2.24) is 9.97 Å². The summed E-state index contributed by atoms with van der Waals surface area (Å²) in [4.78, 5) is 13.3. The molecular formula is C30H29N9S4. The van der Waals surface area contributed by atoms with Crippen LogP contribution in [0.2, 0.25) is 0 Å². The average Bonchev–Trinajstić information content (AvgIpc) is 3.78. The zero-order chi connectivity index (χ0) is 29.6. The summed E-state index contributed by atoms with van der Waals surface area (Å²) in [6.07, 6.45) is 3.50. The minimum atomic E-state index is 0.610. The Bertz CT molecular complexity index is 1830. The molecule has 0 amide bonds. The maximum Gasteiger partial charge on any atom is 0.231 e. The molecule has 0 aliphatic heterocycles. The fourth-order valence-electron chi connectivity index (χ4n) is 4.34. The summed E-state index contributed by atoms with van der Waals surface area (Å²) in [7, 11) is 0. The second-order valence-electron chi connectivity index (χ2n) is 9.56. The van der Waals surface area contributed by atoms with Crippen LogP contribution >= 0.6 is 45.3 Å². The molecule has 0 spiro atoms. The lowest BCUT2D eigenvalue weighted by Crippen LogP contribution is -2.21. The highest BCUT2D eigenvalue weighted by atomic mass is 32.1. The quantitative estimate of drug-likeness (QED) is 0.124. The highest BCUT2D eigenvalue weighted by Crippen LogP contribution is 2.41. The molecule has 6 aromatic rings. The Morgan fingerprint density at radius 1 is 0.605 bits per heavy atom. The predicted molar refractivity (Wildman–Crippen MR) is 183 cm³/mol. The first-order chi connectivity index (χ1) is 21.1. The molecule has 0 radical (unpaired) electrons. The Kier molecular flexibility index (Phi) is 9.32. The van der Waals surface area contributed by atoms with Gasteiger partial charge in [-0.15, -0.1) is 30.7 Å². The third kappa shape index (κ3) is 7.24. The van der Waals surface area contributed by atoms with Crippen LogP contribution in [0.15, 0.2) is 91.3 Å². The standard InChI is InChI=1S/C30H29N9S4/c1-4-7-8-19-9-11-20(12-10-19)33-35-25-17-23-28(42-25)32-30(41-23)38-36-26-18-24-27(43-26)31-29(40-24)37-34-21-13-15-22(16-14-21)39(5-2)6-3/h9-18H,4-8H2,1-3H3. The molecule has 9 nitrogen and oxygen atoms in total. The first kappa shape index (κ1) is 29.3. The molecule has 0 unspecified atom stereocenters. The van der Waals surface area contributed by atoms with Crippen LogP contribution in [-0.2, 0) is 6.42 Å². The van der Waals surface area contributed by atoms with Crippen LogP contribution in [0.25, 0.3) is 19.1 Å². The number of rotatable bonds is 12. The van der Waals surface area contributed by atoms with Crippen molar-refractivity contribution in [3.05, 3.63) is 66.2 Å². The van der Waals surface area contributed by atoms with E-state index >= 15 is 0 Å². The Morgan fingerprint density at radius 3 is 1.65 bits per heavy atom. The van der Waals surface area contributed by atoms with Gasteiger partial charge < -0.3 is 4.90 Å². The van der Waals surface area contributed by atoms with Crippen LogP contribution in [0.4, 0.5) is 37.3 Å². The van der Waals surface area contributed by atoms with E-state index in [1.54, 1.807) is 0 Å². The summed E-state index contributed by atoms with van der Waals surface area (Å²) in [5, 5.41) is 29.1. The largest absolute Gasteiger partial charge is 0.372 e. The number of thiophene rings is 2. The number of azo groups is 3. The summed E-state index contributed by atoms with van der Waals surface area (Å²) in [5.41, 5.74) is 4.17. The van der Waals surface area contributed by atoms with E-state index < -0.39 is 0 Å². The molecule has 2 aromatic carbocycles. The number of benzene rings is 2. The highest BCUT2D eigenvalue weighted by molar-refractivity contribution is 7.31. The van der Waals surface area contributed by atoms with Gasteiger partial charge in [0.1, 0.15) is 19.7 Å². The van der Waals surface area contributed by atoms with Gasteiger partial charge in [0.2, 0.25) is 10.3 Å². The van der Waals surface area contributed by atoms with Crippen LogP contribution in [-0.4, -0.2) is 23.1 Å². The molecule has 0 aliphatic carbocycles. The summed E-state index contributed by atoms with van der Waals surface area (Å²) in [6, 6.07) is 20.4. The molecular weight excluding hydrogens is 615 g/mol. The molecule has 0 atom stereocenters. The summed E-state index contributed by atoms with van der Waals surface area (Å²) in [5.74, 6) is 0. The number of nitrogens with zero attached hydrogens (tertiary/aromatic N) is 9. The number of aryl methyl sites for hydroxylation is 1. The van der Waals surface area contributed by atoms with E-state index in [0.717, 1.165) is 59.9 Å². The van der Waals surface area contributed by atoms with Gasteiger partial charge in [0, 0.05) is 18.8 Å². The van der Waals surface area contributed by atoms with Crippen molar-refractivity contribution >= 4 is 102 Å². The van der Waals surface area contributed by atoms with E-state index in [2.05, 4.69) is 90.6 Å². The van der Waals surface area contributed by atoms with Crippen LogP contribution in [0, 0.1) is 0 Å². The molecule has 0 aliphatic rings. The number of aromatic nitrogens is 2. The van der Waals surface area contributed by atoms with Crippen molar-refractivity contribution < 1.29 is 0 Å². The number of unbranched alkanes of at least 4 members (excludes halogenated alkanes) is 1. The SMILES string of the molecule is CCCCc1ccc(N=Nc2cc3sc(N=Nc4cc5sc(N=Nc6ccc(N(CC)CC)cc6)nc5s4)nc3s2)cc1. The predicted octanol–water partition coefficient (Wildman–Crippen LogP) is 12.5. The Hall–Kier alpha value is -3.78. The van der Waals surface area contributed by atoms with E-state index in [1.807, 2.05) is 36.4 Å². The second-order valence-corrected chi connectivity index (χ2v) is 13.6. The van der Waals surface area contributed by atoms with Crippen molar-refractivity contribution in [2.75, 3.05) is 18.0 Å². The molecule has 6 rings (SSSR count). The molecule has 218 valence electrons. The van der Waals surface area contributed by atoms with Crippen LogP contribution < -0.4 is 4.90 Å². The molecule has 4 heterocycles. The van der Waals surface area contributed by atoms with Gasteiger partial charge in [0.05, 0.1) is 20.8 Å². The smallest absolute Gasteiger partial charge is 0.231 e. The average molecular weight is 644 g/mol. The van der Waals surface area contributed by atoms with Gasteiger partial charge >= 0.3 is 0 Å². The van der Waals surface area contributed by atoms with Crippen LogP contribution in [0.1, 0.15) is 39.2 Å². The Morgan fingerprint density at radius 2 is 1.12 bits per heavy atom. The number of thiazole rings is 2. The van der Waals surface area contributed by atoms with Crippen molar-refractivity contribution in [3.8, 4) is 0 Å². The van der Waals surface area contributed by atoms with Gasteiger partial charge in [-0.25, -0.2) is 9.97 Å². The molecule has 13 heteroatoms. The summed E-state index contributed by atoms with van der Waals surface area (Å²) < 4.78 is 2.03. The molecule has 43 heavy (non-hydrogen) atoms. The first-order valence-electron chi connectivity index (χ1n) is 14.1. The van der Waals surface area contributed by atoms with Crippen LogP contribution in [0.3, 0.4) is 0 Å². The maximum absolute atomic E-state index is 4.61. The normalized spacial score (nSPS) is 12.3. The van der Waals surface area contributed by atoms with Gasteiger partial charge in [0.15, 0.2) is 0 Å². The molecule has 4 aromatic heterocycles. The van der Waals surface area contributed by atoms with Gasteiger partial charge in [-0.2, -0.15) is 0 Å². The molecule has 0 N–H and O–H groups in total. The number of hydrogen-bond donors (Lipinski definition) is 0. The van der Waals surface area contributed by atoms with Crippen LogP contribution in [0.5, 0.6) is 0 Å². The third-order valence-corrected chi connectivity index (χ3v) is 10.5. The topological polar surface area (TPSA) is 103 Å². The minimum Gasteiger partial charge on any atom is -0.372 e. The highest BCUT2D eigenvalue weighted by Gasteiger charge is 2.11. The van der Waals surface area contributed by atoms with E-state index in [4.69, 9.17) is 0 Å². The first-order valence-corrected chi connectivity index (χ1v) is 17.4. The van der Waals surface area contributed by atoms with E-state index in [9.17, 15) is 0 Å². The summed E-state index contributed by atoms with van der Waals surface area (Å²) >= 11 is 5.94. The van der Waals surface area contributed by atoms with Gasteiger partial charge in [0.25, 0.3) is 0 Å². The molecule has 0 saturated carbocycles. The van der Waals surface area contributed by atoms with E-state index in [-0.39, 0.29) is 0 Å². The number of fused-ring (bicyclic) bond motifs is 2. The Labute approximate surface area is 265 Å². The molecule has 0 bridgehead atoms. The fourth-order valence-corrected chi connectivity index (χ4v) is 8.03. The third-order valence-electron chi connectivity index (χ3n) is 6.61. The summed E-state index contributed by atoms with van der Waals surface area (Å²) in [6.45, 7) is 8.46. The number of hydrogen-bond acceptors (Lipinski definition) is 13. The minimum absolute atomic E-state index is 0.610. The van der Waals surface area contributed by atoms with Gasteiger partial charge in [-0.3, -0.25) is 0 Å². The Balaban J connectivity index is 1.06.